The average molecular weight is 235 g/mol. The van der Waals surface area contributed by atoms with E-state index in [1.165, 1.54) is 11.1 Å². The van der Waals surface area contributed by atoms with Crippen molar-refractivity contribution < 1.29 is 4.79 Å². The second-order valence-corrected chi connectivity index (χ2v) is 5.74. The van der Waals surface area contributed by atoms with Crippen molar-refractivity contribution in [2.24, 2.45) is 5.41 Å². The van der Waals surface area contributed by atoms with Gasteiger partial charge in [-0.05, 0) is 54.4 Å². The smallest absolute Gasteiger partial charge is 0.132 e. The van der Waals surface area contributed by atoms with Crippen LogP contribution in [-0.2, 0) is 17.6 Å². The maximum absolute atomic E-state index is 11.3. The first kappa shape index (κ1) is 10.3. The lowest BCUT2D eigenvalue weighted by molar-refractivity contribution is -0.122. The highest BCUT2D eigenvalue weighted by Gasteiger charge is 2.39. The Labute approximate surface area is 101 Å². The van der Waals surface area contributed by atoms with Crippen molar-refractivity contribution >= 4 is 17.4 Å². The monoisotopic (exact) mass is 234 g/mol. The van der Waals surface area contributed by atoms with Crippen LogP contribution in [0.3, 0.4) is 0 Å². The second-order valence-electron chi connectivity index (χ2n) is 5.31. The first-order valence-corrected chi connectivity index (χ1v) is 6.34. The molecule has 0 atom stereocenters. The van der Waals surface area contributed by atoms with E-state index < -0.39 is 0 Å². The molecule has 2 aliphatic rings. The van der Waals surface area contributed by atoms with Gasteiger partial charge < -0.3 is 0 Å². The molecule has 0 radical (unpaired) electrons. The number of carbonyl (C=O) groups is 1. The molecule has 0 amide bonds. The van der Waals surface area contributed by atoms with Gasteiger partial charge in [0.05, 0.1) is 0 Å². The molecule has 84 valence electrons. The van der Waals surface area contributed by atoms with Crippen LogP contribution in [0.25, 0.3) is 0 Å². The van der Waals surface area contributed by atoms with Crippen LogP contribution < -0.4 is 0 Å². The van der Waals surface area contributed by atoms with Crippen LogP contribution in [0.5, 0.6) is 0 Å². The van der Waals surface area contributed by atoms with Gasteiger partial charge in [0, 0.05) is 17.9 Å². The van der Waals surface area contributed by atoms with Crippen LogP contribution in [0.15, 0.2) is 18.2 Å². The van der Waals surface area contributed by atoms with Crippen LogP contribution in [0, 0.1) is 5.41 Å². The number of hydrogen-bond acceptors (Lipinski definition) is 1. The first-order valence-electron chi connectivity index (χ1n) is 5.96. The van der Waals surface area contributed by atoms with Gasteiger partial charge in [-0.1, -0.05) is 17.7 Å². The number of halogens is 1. The van der Waals surface area contributed by atoms with Gasteiger partial charge in [-0.15, -0.1) is 0 Å². The largest absolute Gasteiger partial charge is 0.300 e. The molecule has 0 saturated heterocycles. The van der Waals surface area contributed by atoms with Crippen molar-refractivity contribution in [2.45, 2.75) is 38.5 Å². The summed E-state index contributed by atoms with van der Waals surface area (Å²) in [6.07, 6.45) is 5.96. The van der Waals surface area contributed by atoms with Crippen LogP contribution in [0.1, 0.15) is 36.8 Å². The number of rotatable bonds is 0. The molecule has 0 aromatic heterocycles. The Kier molecular flexibility index (Phi) is 2.32. The molecule has 1 saturated carbocycles. The number of benzene rings is 1. The molecule has 3 rings (SSSR count). The lowest BCUT2D eigenvalue weighted by atomic mass is 9.72. The Hall–Kier alpha value is -0.820. The standard InChI is InChI=1S/C14H15ClO/c15-12-2-1-10-8-14(9-11(10)7-12)5-3-13(16)4-6-14/h1-2,7H,3-6,8-9H2. The lowest BCUT2D eigenvalue weighted by Crippen LogP contribution is -2.28. The third-order valence-electron chi connectivity index (χ3n) is 4.17. The fourth-order valence-electron chi connectivity index (χ4n) is 3.21. The zero-order valence-electron chi connectivity index (χ0n) is 9.26. The molecule has 0 bridgehead atoms. The molecule has 2 aliphatic carbocycles. The summed E-state index contributed by atoms with van der Waals surface area (Å²) in [5, 5.41) is 0.836. The van der Waals surface area contributed by atoms with E-state index >= 15 is 0 Å². The van der Waals surface area contributed by atoms with Crippen LogP contribution in [0.4, 0.5) is 0 Å². The molecule has 0 N–H and O–H groups in total. The summed E-state index contributed by atoms with van der Waals surface area (Å²) < 4.78 is 0. The number of carbonyl (C=O) groups excluding carboxylic acids is 1. The minimum absolute atomic E-state index is 0.376. The van der Waals surface area contributed by atoms with Gasteiger partial charge in [-0.2, -0.15) is 0 Å². The van der Waals surface area contributed by atoms with Crippen LogP contribution in [0.2, 0.25) is 5.02 Å². The van der Waals surface area contributed by atoms with E-state index in [0.717, 1.165) is 43.5 Å². The fraction of sp³-hybridized carbons (Fsp3) is 0.500. The molecule has 1 aromatic rings. The third-order valence-corrected chi connectivity index (χ3v) is 4.40. The van der Waals surface area contributed by atoms with Crippen molar-refractivity contribution in [1.29, 1.82) is 0 Å². The molecule has 0 heterocycles. The van der Waals surface area contributed by atoms with E-state index in [0.29, 0.717) is 11.2 Å². The highest BCUT2D eigenvalue weighted by molar-refractivity contribution is 6.30. The summed E-state index contributed by atoms with van der Waals surface area (Å²) in [5.41, 5.74) is 3.22. The quantitative estimate of drug-likeness (QED) is 0.671. The molecule has 0 aliphatic heterocycles. The zero-order chi connectivity index (χ0) is 11.2. The normalized spacial score (nSPS) is 22.4. The molecular formula is C14H15ClO. The van der Waals surface area contributed by atoms with E-state index in [9.17, 15) is 4.79 Å². The van der Waals surface area contributed by atoms with Crippen molar-refractivity contribution in [1.82, 2.24) is 0 Å². The Morgan fingerprint density at radius 2 is 1.75 bits per heavy atom. The summed E-state index contributed by atoms with van der Waals surface area (Å²) >= 11 is 6.02. The van der Waals surface area contributed by atoms with Crippen molar-refractivity contribution in [2.75, 3.05) is 0 Å². The maximum atomic E-state index is 11.3. The van der Waals surface area contributed by atoms with E-state index in [4.69, 9.17) is 11.6 Å². The van der Waals surface area contributed by atoms with Gasteiger partial charge in [-0.3, -0.25) is 4.79 Å². The summed E-state index contributed by atoms with van der Waals surface area (Å²) in [4.78, 5) is 11.3. The molecule has 1 spiro atoms. The molecule has 16 heavy (non-hydrogen) atoms. The van der Waals surface area contributed by atoms with Crippen molar-refractivity contribution in [3.63, 3.8) is 0 Å². The van der Waals surface area contributed by atoms with E-state index in [1.807, 2.05) is 6.07 Å². The van der Waals surface area contributed by atoms with E-state index in [-0.39, 0.29) is 0 Å². The Morgan fingerprint density at radius 3 is 2.50 bits per heavy atom. The van der Waals surface area contributed by atoms with Crippen LogP contribution >= 0.6 is 11.6 Å². The molecule has 2 heteroatoms. The SMILES string of the molecule is O=C1CCC2(CC1)Cc1ccc(Cl)cc1C2. The topological polar surface area (TPSA) is 17.1 Å². The Bertz CT molecular complexity index is 440. The molecular weight excluding hydrogens is 220 g/mol. The summed E-state index contributed by atoms with van der Waals surface area (Å²) in [5.74, 6) is 0.444. The predicted octanol–water partition coefficient (Wildman–Crippen LogP) is 3.57. The minimum Gasteiger partial charge on any atom is -0.300 e. The third kappa shape index (κ3) is 1.67. The second kappa shape index (κ2) is 3.59. The minimum atomic E-state index is 0.376. The van der Waals surface area contributed by atoms with Gasteiger partial charge in [0.25, 0.3) is 0 Å². The highest BCUT2D eigenvalue weighted by Crippen LogP contribution is 2.46. The molecule has 1 fully saturated rings. The average Bonchev–Trinajstić information content (AvgIpc) is 2.60. The summed E-state index contributed by atoms with van der Waals surface area (Å²) in [6, 6.07) is 6.23. The van der Waals surface area contributed by atoms with E-state index in [2.05, 4.69) is 12.1 Å². The number of ketones is 1. The van der Waals surface area contributed by atoms with Gasteiger partial charge in [0.15, 0.2) is 0 Å². The molecule has 1 aromatic carbocycles. The molecule has 1 nitrogen and oxygen atoms in total. The summed E-state index contributed by atoms with van der Waals surface area (Å²) in [6.45, 7) is 0. The van der Waals surface area contributed by atoms with Crippen molar-refractivity contribution in [3.05, 3.63) is 34.3 Å². The van der Waals surface area contributed by atoms with Crippen LogP contribution in [-0.4, -0.2) is 5.78 Å². The summed E-state index contributed by atoms with van der Waals surface area (Å²) in [7, 11) is 0. The van der Waals surface area contributed by atoms with Gasteiger partial charge in [0.1, 0.15) is 5.78 Å². The molecule has 0 unspecified atom stereocenters. The maximum Gasteiger partial charge on any atom is 0.132 e. The fourth-order valence-corrected chi connectivity index (χ4v) is 3.41. The zero-order valence-corrected chi connectivity index (χ0v) is 10.0. The Balaban J connectivity index is 1.87. The van der Waals surface area contributed by atoms with E-state index in [1.54, 1.807) is 0 Å². The Morgan fingerprint density at radius 1 is 1.06 bits per heavy atom. The van der Waals surface area contributed by atoms with Crippen molar-refractivity contribution in [3.8, 4) is 0 Å². The number of Topliss-reactive ketones (excluding diaryl/α,β-unsaturated/α-hetero) is 1. The highest BCUT2D eigenvalue weighted by atomic mass is 35.5. The number of fused-ring (bicyclic) bond motifs is 1. The first-order chi connectivity index (χ1) is 7.67. The van der Waals surface area contributed by atoms with Gasteiger partial charge in [-0.25, -0.2) is 0 Å². The van der Waals surface area contributed by atoms with Gasteiger partial charge >= 0.3 is 0 Å². The predicted molar refractivity (Wildman–Crippen MR) is 64.8 cm³/mol. The lowest BCUT2D eigenvalue weighted by Gasteiger charge is -2.32. The van der Waals surface area contributed by atoms with Gasteiger partial charge in [0.2, 0.25) is 0 Å². The number of hydrogen-bond donors (Lipinski definition) is 0.